The maximum atomic E-state index is 12.5. The number of sulfonamides is 1. The van der Waals surface area contributed by atoms with E-state index in [2.05, 4.69) is 9.71 Å². The number of anilines is 1. The van der Waals surface area contributed by atoms with Gasteiger partial charge >= 0.3 is 0 Å². The van der Waals surface area contributed by atoms with Gasteiger partial charge in [0, 0.05) is 41.2 Å². The Balaban J connectivity index is 1.58. The van der Waals surface area contributed by atoms with Gasteiger partial charge in [-0.1, -0.05) is 18.2 Å². The average Bonchev–Trinajstić information content (AvgIpc) is 3.24. The van der Waals surface area contributed by atoms with Gasteiger partial charge in [-0.15, -0.1) is 11.3 Å². The molecule has 0 amide bonds. The summed E-state index contributed by atoms with van der Waals surface area (Å²) in [6.45, 7) is 0. The summed E-state index contributed by atoms with van der Waals surface area (Å²) in [4.78, 5) is 15.4. The third-order valence-corrected chi connectivity index (χ3v) is 6.01. The number of nitro groups is 1. The molecule has 4 aromatic rings. The molecule has 0 atom stereocenters. The second-order valence-electron chi connectivity index (χ2n) is 5.66. The Morgan fingerprint density at radius 3 is 2.63 bits per heavy atom. The van der Waals surface area contributed by atoms with Gasteiger partial charge in [-0.3, -0.25) is 19.2 Å². The standard InChI is InChI=1S/C17H12N4O4S2/c22-21(23)14-2-1-3-15(10-14)27(24,25)19-13-6-4-12(5-7-13)16-11-20-8-9-26-17(20)18-16/h1-11,19H. The molecule has 0 spiro atoms. The number of nitrogens with zero attached hydrogens (tertiary/aromatic N) is 3. The van der Waals surface area contributed by atoms with Crippen molar-refractivity contribution in [2.75, 3.05) is 4.72 Å². The Hall–Kier alpha value is -3.24. The van der Waals surface area contributed by atoms with E-state index in [1.165, 1.54) is 29.5 Å². The Bertz CT molecular complexity index is 1210. The van der Waals surface area contributed by atoms with E-state index < -0.39 is 14.9 Å². The van der Waals surface area contributed by atoms with Gasteiger partial charge in [0.05, 0.1) is 15.5 Å². The number of aromatic nitrogens is 2. The van der Waals surface area contributed by atoms with Crippen molar-refractivity contribution < 1.29 is 13.3 Å². The van der Waals surface area contributed by atoms with E-state index >= 15 is 0 Å². The second-order valence-corrected chi connectivity index (χ2v) is 8.21. The van der Waals surface area contributed by atoms with Crippen LogP contribution in [0.1, 0.15) is 0 Å². The Morgan fingerprint density at radius 2 is 1.93 bits per heavy atom. The fourth-order valence-electron chi connectivity index (χ4n) is 2.55. The van der Waals surface area contributed by atoms with Crippen molar-refractivity contribution in [3.8, 4) is 11.3 Å². The number of thiazole rings is 1. The third kappa shape index (κ3) is 3.39. The molecule has 0 saturated heterocycles. The highest BCUT2D eigenvalue weighted by atomic mass is 32.2. The summed E-state index contributed by atoms with van der Waals surface area (Å²) in [7, 11) is -3.93. The van der Waals surface area contributed by atoms with Gasteiger partial charge in [-0.05, 0) is 18.2 Å². The van der Waals surface area contributed by atoms with Crippen LogP contribution in [0.4, 0.5) is 11.4 Å². The van der Waals surface area contributed by atoms with Gasteiger partial charge in [-0.25, -0.2) is 13.4 Å². The lowest BCUT2D eigenvalue weighted by atomic mass is 10.1. The molecule has 0 aliphatic rings. The quantitative estimate of drug-likeness (QED) is 0.405. The molecule has 0 aliphatic heterocycles. The zero-order chi connectivity index (χ0) is 19.0. The number of rotatable bonds is 5. The molecule has 2 heterocycles. The zero-order valence-electron chi connectivity index (χ0n) is 13.6. The number of fused-ring (bicyclic) bond motifs is 1. The summed E-state index contributed by atoms with van der Waals surface area (Å²) in [5.74, 6) is 0. The van der Waals surface area contributed by atoms with Gasteiger partial charge in [0.2, 0.25) is 0 Å². The normalized spacial score (nSPS) is 11.6. The minimum absolute atomic E-state index is 0.171. The predicted molar refractivity (Wildman–Crippen MR) is 102 cm³/mol. The summed E-state index contributed by atoms with van der Waals surface area (Å²) >= 11 is 1.53. The molecule has 0 aliphatic carbocycles. The fraction of sp³-hybridized carbons (Fsp3) is 0. The minimum atomic E-state index is -3.93. The summed E-state index contributed by atoms with van der Waals surface area (Å²) in [5, 5.41) is 12.8. The molecule has 136 valence electrons. The lowest BCUT2D eigenvalue weighted by Gasteiger charge is -2.08. The molecule has 0 bridgehead atoms. The topological polar surface area (TPSA) is 107 Å². The first-order valence-electron chi connectivity index (χ1n) is 7.72. The van der Waals surface area contributed by atoms with Gasteiger partial charge in [-0.2, -0.15) is 0 Å². The van der Waals surface area contributed by atoms with E-state index in [4.69, 9.17) is 0 Å². The molecule has 0 saturated carbocycles. The van der Waals surface area contributed by atoms with E-state index in [-0.39, 0.29) is 10.6 Å². The first-order valence-corrected chi connectivity index (χ1v) is 10.1. The van der Waals surface area contributed by atoms with Gasteiger partial charge in [0.25, 0.3) is 15.7 Å². The van der Waals surface area contributed by atoms with E-state index in [0.717, 1.165) is 22.3 Å². The van der Waals surface area contributed by atoms with Crippen LogP contribution in [-0.4, -0.2) is 22.7 Å². The number of nitro benzene ring substituents is 1. The molecule has 0 unspecified atom stereocenters. The SMILES string of the molecule is O=[N+]([O-])c1cccc(S(=O)(=O)Nc2ccc(-c3cn4ccsc4n3)cc2)c1. The number of nitrogens with one attached hydrogen (secondary N) is 1. The van der Waals surface area contributed by atoms with Crippen LogP contribution in [0.15, 0.2) is 71.2 Å². The molecule has 27 heavy (non-hydrogen) atoms. The molecule has 1 N–H and O–H groups in total. The minimum Gasteiger partial charge on any atom is -0.297 e. The number of hydrogen-bond acceptors (Lipinski definition) is 6. The fourth-order valence-corrected chi connectivity index (χ4v) is 4.35. The largest absolute Gasteiger partial charge is 0.297 e. The van der Waals surface area contributed by atoms with Crippen LogP contribution in [0.2, 0.25) is 0 Å². The van der Waals surface area contributed by atoms with Gasteiger partial charge < -0.3 is 0 Å². The van der Waals surface area contributed by atoms with Crippen molar-refractivity contribution >= 4 is 37.7 Å². The number of hydrogen-bond donors (Lipinski definition) is 1. The van der Waals surface area contributed by atoms with Gasteiger partial charge in [0.15, 0.2) is 4.96 Å². The highest BCUT2D eigenvalue weighted by Crippen LogP contribution is 2.25. The summed E-state index contributed by atoms with van der Waals surface area (Å²) < 4.78 is 29.3. The second kappa shape index (κ2) is 6.49. The van der Waals surface area contributed by atoms with Crippen LogP contribution < -0.4 is 4.72 Å². The maximum absolute atomic E-state index is 12.5. The van der Waals surface area contributed by atoms with Crippen molar-refractivity contribution in [3.63, 3.8) is 0 Å². The molecule has 10 heteroatoms. The van der Waals surface area contributed by atoms with Crippen molar-refractivity contribution in [1.82, 2.24) is 9.38 Å². The molecule has 0 radical (unpaired) electrons. The van der Waals surface area contributed by atoms with E-state index in [1.807, 2.05) is 22.2 Å². The van der Waals surface area contributed by atoms with Crippen LogP contribution in [0.3, 0.4) is 0 Å². The first kappa shape index (κ1) is 17.2. The van der Waals surface area contributed by atoms with Crippen LogP contribution in [-0.2, 0) is 10.0 Å². The van der Waals surface area contributed by atoms with Crippen molar-refractivity contribution in [2.45, 2.75) is 4.90 Å². The van der Waals surface area contributed by atoms with E-state index in [0.29, 0.717) is 5.69 Å². The van der Waals surface area contributed by atoms with E-state index in [9.17, 15) is 18.5 Å². The Morgan fingerprint density at radius 1 is 1.15 bits per heavy atom. The summed E-state index contributed by atoms with van der Waals surface area (Å²) in [6.07, 6.45) is 3.81. The predicted octanol–water partition coefficient (Wildman–Crippen LogP) is 3.77. The first-order chi connectivity index (χ1) is 12.9. The monoisotopic (exact) mass is 400 g/mol. The van der Waals surface area contributed by atoms with Gasteiger partial charge in [0.1, 0.15) is 0 Å². The summed E-state index contributed by atoms with van der Waals surface area (Å²) in [6, 6.07) is 11.7. The average molecular weight is 400 g/mol. The summed E-state index contributed by atoms with van der Waals surface area (Å²) in [5.41, 5.74) is 1.71. The Labute approximate surface area is 157 Å². The van der Waals surface area contributed by atoms with Crippen LogP contribution in [0, 0.1) is 10.1 Å². The number of non-ortho nitro benzene ring substituents is 1. The molecular weight excluding hydrogens is 388 g/mol. The molecule has 2 aromatic heterocycles. The number of imidazole rings is 1. The number of benzene rings is 2. The van der Waals surface area contributed by atoms with Crippen LogP contribution >= 0.6 is 11.3 Å². The van der Waals surface area contributed by atoms with Crippen LogP contribution in [0.5, 0.6) is 0 Å². The van der Waals surface area contributed by atoms with E-state index in [1.54, 1.807) is 24.3 Å². The highest BCUT2D eigenvalue weighted by Gasteiger charge is 2.18. The third-order valence-electron chi connectivity index (χ3n) is 3.86. The smallest absolute Gasteiger partial charge is 0.270 e. The maximum Gasteiger partial charge on any atom is 0.270 e. The Kier molecular flexibility index (Phi) is 4.13. The molecule has 8 nitrogen and oxygen atoms in total. The highest BCUT2D eigenvalue weighted by molar-refractivity contribution is 7.92. The lowest BCUT2D eigenvalue weighted by Crippen LogP contribution is -2.13. The van der Waals surface area contributed by atoms with Crippen LogP contribution in [0.25, 0.3) is 16.2 Å². The van der Waals surface area contributed by atoms with Crippen molar-refractivity contribution in [3.05, 3.63) is 76.4 Å². The van der Waals surface area contributed by atoms with Crippen molar-refractivity contribution in [2.24, 2.45) is 0 Å². The molecule has 4 rings (SSSR count). The molecular formula is C17H12N4O4S2. The molecule has 0 fully saturated rings. The van der Waals surface area contributed by atoms with Crippen molar-refractivity contribution in [1.29, 1.82) is 0 Å². The lowest BCUT2D eigenvalue weighted by molar-refractivity contribution is -0.385. The molecule has 2 aromatic carbocycles. The zero-order valence-corrected chi connectivity index (χ0v) is 15.3.